The summed E-state index contributed by atoms with van der Waals surface area (Å²) >= 11 is 0. The van der Waals surface area contributed by atoms with E-state index in [9.17, 15) is 9.90 Å². The Hall–Kier alpha value is -1.33. The van der Waals surface area contributed by atoms with Gasteiger partial charge < -0.3 is 14.6 Å². The van der Waals surface area contributed by atoms with Gasteiger partial charge in [0.2, 0.25) is 0 Å². The maximum atomic E-state index is 10.7. The topological polar surface area (TPSA) is 73.9 Å². The molecule has 84 valence electrons. The highest BCUT2D eigenvalue weighted by atomic mass is 16.4. The van der Waals surface area contributed by atoms with Crippen molar-refractivity contribution in [2.45, 2.75) is 19.1 Å². The van der Waals surface area contributed by atoms with E-state index >= 15 is 0 Å². The van der Waals surface area contributed by atoms with Crippen molar-refractivity contribution in [3.8, 4) is 0 Å². The number of likely N-dealkylation sites (N-methyl/N-ethyl adjacent to an activating group) is 1. The lowest BCUT2D eigenvalue weighted by molar-refractivity contribution is -0.158. The van der Waals surface area contributed by atoms with Crippen molar-refractivity contribution in [3.63, 3.8) is 0 Å². The van der Waals surface area contributed by atoms with E-state index < -0.39 is 11.6 Å². The summed E-state index contributed by atoms with van der Waals surface area (Å²) in [5.41, 5.74) is -0.780. The number of hydrogen-bond acceptors (Lipinski definition) is 4. The van der Waals surface area contributed by atoms with E-state index in [-0.39, 0.29) is 6.54 Å². The van der Waals surface area contributed by atoms with Gasteiger partial charge in [-0.25, -0.2) is 4.79 Å². The lowest BCUT2D eigenvalue weighted by Gasteiger charge is -2.24. The Balaban J connectivity index is 2.49. The zero-order valence-corrected chi connectivity index (χ0v) is 8.80. The van der Waals surface area contributed by atoms with E-state index in [1.165, 1.54) is 6.92 Å². The van der Waals surface area contributed by atoms with Crippen LogP contribution in [0.3, 0.4) is 0 Å². The molecule has 1 unspecified atom stereocenters. The molecule has 1 atom stereocenters. The minimum atomic E-state index is -1.72. The number of nitrogens with zero attached hydrogens (tertiary/aromatic N) is 1. The molecule has 0 saturated carbocycles. The highest BCUT2D eigenvalue weighted by molar-refractivity contribution is 5.76. The predicted octanol–water partition coefficient (Wildman–Crippen LogP) is 0.547. The van der Waals surface area contributed by atoms with Crippen LogP contribution in [0.5, 0.6) is 0 Å². The summed E-state index contributed by atoms with van der Waals surface area (Å²) in [5.74, 6) is -1.22. The van der Waals surface area contributed by atoms with Gasteiger partial charge in [0.15, 0.2) is 5.60 Å². The van der Waals surface area contributed by atoms with E-state index in [0.717, 1.165) is 5.56 Å². The second-order valence-electron chi connectivity index (χ2n) is 3.88. The molecule has 5 heteroatoms. The molecule has 1 heterocycles. The van der Waals surface area contributed by atoms with Crippen LogP contribution < -0.4 is 0 Å². The van der Waals surface area contributed by atoms with Crippen LogP contribution in [0, 0.1) is 0 Å². The first-order valence-electron chi connectivity index (χ1n) is 4.57. The van der Waals surface area contributed by atoms with Crippen molar-refractivity contribution in [2.75, 3.05) is 13.6 Å². The average molecular weight is 213 g/mol. The molecule has 0 fully saturated rings. The predicted molar refractivity (Wildman–Crippen MR) is 53.3 cm³/mol. The summed E-state index contributed by atoms with van der Waals surface area (Å²) < 4.78 is 4.89. The SMILES string of the molecule is CN(Cc1ccoc1)CC(C)(O)C(=O)O. The molecule has 0 amide bonds. The van der Waals surface area contributed by atoms with Gasteiger partial charge >= 0.3 is 5.97 Å². The van der Waals surface area contributed by atoms with E-state index in [0.29, 0.717) is 6.54 Å². The Morgan fingerprint density at radius 3 is 2.80 bits per heavy atom. The van der Waals surface area contributed by atoms with Gasteiger partial charge in [0.05, 0.1) is 12.5 Å². The lowest BCUT2D eigenvalue weighted by Crippen LogP contribution is -2.45. The molecular formula is C10H15NO4. The van der Waals surface area contributed by atoms with E-state index in [4.69, 9.17) is 9.52 Å². The fourth-order valence-electron chi connectivity index (χ4n) is 1.34. The average Bonchev–Trinajstić information content (AvgIpc) is 2.54. The van der Waals surface area contributed by atoms with Gasteiger partial charge in [-0.1, -0.05) is 0 Å². The van der Waals surface area contributed by atoms with Crippen LogP contribution >= 0.6 is 0 Å². The Morgan fingerprint density at radius 2 is 2.33 bits per heavy atom. The zero-order chi connectivity index (χ0) is 11.5. The van der Waals surface area contributed by atoms with Crippen LogP contribution in [-0.2, 0) is 11.3 Å². The summed E-state index contributed by atoms with van der Waals surface area (Å²) in [6.45, 7) is 1.88. The van der Waals surface area contributed by atoms with Gasteiger partial charge in [-0.05, 0) is 20.0 Å². The molecule has 2 N–H and O–H groups in total. The van der Waals surface area contributed by atoms with Crippen molar-refractivity contribution in [1.29, 1.82) is 0 Å². The van der Waals surface area contributed by atoms with Crippen LogP contribution in [0.25, 0.3) is 0 Å². The second-order valence-corrected chi connectivity index (χ2v) is 3.88. The number of carbonyl (C=O) groups is 1. The van der Waals surface area contributed by atoms with Gasteiger partial charge in [-0.15, -0.1) is 0 Å². The van der Waals surface area contributed by atoms with Gasteiger partial charge in [0, 0.05) is 18.7 Å². The largest absolute Gasteiger partial charge is 0.479 e. The third kappa shape index (κ3) is 3.38. The first-order chi connectivity index (χ1) is 6.92. The molecule has 0 radical (unpaired) electrons. The summed E-state index contributed by atoms with van der Waals surface area (Å²) in [7, 11) is 1.74. The van der Waals surface area contributed by atoms with Crippen LogP contribution in [0.2, 0.25) is 0 Å². The third-order valence-corrected chi connectivity index (χ3v) is 2.07. The minimum absolute atomic E-state index is 0.0630. The molecule has 0 spiro atoms. The van der Waals surface area contributed by atoms with Gasteiger partial charge in [0.1, 0.15) is 0 Å². The van der Waals surface area contributed by atoms with Crippen LogP contribution in [0.15, 0.2) is 23.0 Å². The fourth-order valence-corrected chi connectivity index (χ4v) is 1.34. The summed E-state index contributed by atoms with van der Waals surface area (Å²) in [4.78, 5) is 12.4. The molecule has 0 aliphatic heterocycles. The van der Waals surface area contributed by atoms with Gasteiger partial charge in [-0.2, -0.15) is 0 Å². The standard InChI is InChI=1S/C10H15NO4/c1-10(14,9(12)13)7-11(2)5-8-3-4-15-6-8/h3-4,6,14H,5,7H2,1-2H3,(H,12,13). The molecule has 15 heavy (non-hydrogen) atoms. The number of carboxylic acid groups (broad SMARTS) is 1. The first kappa shape index (κ1) is 11.7. The first-order valence-corrected chi connectivity index (χ1v) is 4.57. The monoisotopic (exact) mass is 213 g/mol. The molecule has 0 aliphatic carbocycles. The molecule has 0 saturated heterocycles. The molecule has 0 aromatic carbocycles. The van der Waals surface area contributed by atoms with Crippen molar-refractivity contribution >= 4 is 5.97 Å². The number of aliphatic hydroxyl groups is 1. The smallest absolute Gasteiger partial charge is 0.336 e. The normalized spacial score (nSPS) is 15.2. The van der Waals surface area contributed by atoms with Crippen molar-refractivity contribution in [3.05, 3.63) is 24.2 Å². The number of rotatable bonds is 5. The van der Waals surface area contributed by atoms with E-state index in [1.807, 2.05) is 0 Å². The number of furan rings is 1. The fraction of sp³-hybridized carbons (Fsp3) is 0.500. The third-order valence-electron chi connectivity index (χ3n) is 2.07. The highest BCUT2D eigenvalue weighted by Crippen LogP contribution is 2.09. The summed E-state index contributed by atoms with van der Waals surface area (Å²) in [6.07, 6.45) is 3.14. The zero-order valence-electron chi connectivity index (χ0n) is 8.80. The van der Waals surface area contributed by atoms with Crippen LogP contribution in [-0.4, -0.2) is 40.3 Å². The van der Waals surface area contributed by atoms with E-state index in [2.05, 4.69) is 0 Å². The summed E-state index contributed by atoms with van der Waals surface area (Å²) in [5, 5.41) is 18.2. The van der Waals surface area contributed by atoms with Crippen molar-refractivity contribution in [2.24, 2.45) is 0 Å². The number of hydrogen-bond donors (Lipinski definition) is 2. The van der Waals surface area contributed by atoms with Gasteiger partial charge in [0.25, 0.3) is 0 Å². The van der Waals surface area contributed by atoms with Crippen LogP contribution in [0.1, 0.15) is 12.5 Å². The molecule has 1 aromatic rings. The molecule has 0 aliphatic rings. The highest BCUT2D eigenvalue weighted by Gasteiger charge is 2.31. The quantitative estimate of drug-likeness (QED) is 0.747. The Bertz CT molecular complexity index is 318. The maximum Gasteiger partial charge on any atom is 0.336 e. The Labute approximate surface area is 87.9 Å². The molecular weight excluding hydrogens is 198 g/mol. The molecule has 1 aromatic heterocycles. The molecule has 0 bridgehead atoms. The van der Waals surface area contributed by atoms with Gasteiger partial charge in [-0.3, -0.25) is 4.90 Å². The molecule has 1 rings (SSSR count). The number of aliphatic carboxylic acids is 1. The van der Waals surface area contributed by atoms with E-state index in [1.54, 1.807) is 30.5 Å². The van der Waals surface area contributed by atoms with Crippen molar-refractivity contribution < 1.29 is 19.4 Å². The van der Waals surface area contributed by atoms with Crippen molar-refractivity contribution in [1.82, 2.24) is 4.90 Å². The Morgan fingerprint density at radius 1 is 1.67 bits per heavy atom. The maximum absolute atomic E-state index is 10.7. The van der Waals surface area contributed by atoms with Crippen LogP contribution in [0.4, 0.5) is 0 Å². The Kier molecular flexibility index (Phi) is 3.49. The second kappa shape index (κ2) is 4.46. The molecule has 5 nitrogen and oxygen atoms in total. The summed E-state index contributed by atoms with van der Waals surface area (Å²) in [6, 6.07) is 1.80. The minimum Gasteiger partial charge on any atom is -0.479 e. The number of carboxylic acids is 1. The lowest BCUT2D eigenvalue weighted by atomic mass is 10.1.